The van der Waals surface area contributed by atoms with Gasteiger partial charge in [0.2, 0.25) is 0 Å². The largest absolute Gasteiger partial charge is 0.381 e. The van der Waals surface area contributed by atoms with Crippen LogP contribution >= 0.6 is 0 Å². The highest BCUT2D eigenvalue weighted by atomic mass is 16.5. The van der Waals surface area contributed by atoms with Gasteiger partial charge in [0.05, 0.1) is 0 Å². The van der Waals surface area contributed by atoms with Crippen molar-refractivity contribution in [2.45, 2.75) is 44.6 Å². The maximum Gasteiger partial charge on any atom is 0.0494 e. The lowest BCUT2D eigenvalue weighted by Crippen LogP contribution is -2.33. The summed E-state index contributed by atoms with van der Waals surface area (Å²) in [6, 6.07) is 0.443. The highest BCUT2D eigenvalue weighted by Gasteiger charge is 2.23. The fourth-order valence-electron chi connectivity index (χ4n) is 2.44. The third kappa shape index (κ3) is 4.40. The van der Waals surface area contributed by atoms with E-state index in [0.717, 1.165) is 38.6 Å². The zero-order valence-electron chi connectivity index (χ0n) is 10.3. The Labute approximate surface area is 99.1 Å². The summed E-state index contributed by atoms with van der Waals surface area (Å²) in [5, 5.41) is 3.50. The average Bonchev–Trinajstić information content (AvgIpc) is 3.01. The highest BCUT2D eigenvalue weighted by molar-refractivity contribution is 4.81. The van der Waals surface area contributed by atoms with Crippen molar-refractivity contribution in [2.75, 3.05) is 26.3 Å². The van der Waals surface area contributed by atoms with Crippen LogP contribution in [0.1, 0.15) is 38.5 Å². The Hall–Kier alpha value is -0.120. The molecular formula is C13H26N2O. The minimum atomic E-state index is 0.443. The van der Waals surface area contributed by atoms with Crippen LogP contribution < -0.4 is 11.1 Å². The van der Waals surface area contributed by atoms with Crippen LogP contribution in [0.5, 0.6) is 0 Å². The molecule has 2 aliphatic rings. The molecule has 2 fully saturated rings. The van der Waals surface area contributed by atoms with E-state index >= 15 is 0 Å². The molecule has 0 heterocycles. The fourth-order valence-corrected chi connectivity index (χ4v) is 2.44. The van der Waals surface area contributed by atoms with Crippen molar-refractivity contribution in [2.24, 2.45) is 17.6 Å². The molecule has 16 heavy (non-hydrogen) atoms. The van der Waals surface area contributed by atoms with Crippen molar-refractivity contribution in [3.63, 3.8) is 0 Å². The molecule has 94 valence electrons. The molecule has 2 rings (SSSR count). The molecule has 3 nitrogen and oxygen atoms in total. The number of rotatable bonds is 8. The van der Waals surface area contributed by atoms with E-state index in [1.165, 1.54) is 32.1 Å². The second-order valence-corrected chi connectivity index (χ2v) is 5.43. The van der Waals surface area contributed by atoms with Gasteiger partial charge in [0.25, 0.3) is 0 Å². The van der Waals surface area contributed by atoms with Gasteiger partial charge in [0.1, 0.15) is 0 Å². The quantitative estimate of drug-likeness (QED) is 0.617. The van der Waals surface area contributed by atoms with E-state index in [1.54, 1.807) is 0 Å². The molecule has 0 saturated heterocycles. The lowest BCUT2D eigenvalue weighted by molar-refractivity contribution is 0.122. The molecule has 0 radical (unpaired) electrons. The van der Waals surface area contributed by atoms with Crippen molar-refractivity contribution in [1.29, 1.82) is 0 Å². The molecule has 0 amide bonds. The smallest absolute Gasteiger partial charge is 0.0494 e. The predicted molar refractivity (Wildman–Crippen MR) is 66.3 cm³/mol. The first-order valence-corrected chi connectivity index (χ1v) is 6.90. The summed E-state index contributed by atoms with van der Waals surface area (Å²) in [4.78, 5) is 0. The van der Waals surface area contributed by atoms with Gasteiger partial charge in [-0.25, -0.2) is 0 Å². The molecule has 3 N–H and O–H groups in total. The Bertz CT molecular complexity index is 194. The van der Waals surface area contributed by atoms with Gasteiger partial charge >= 0.3 is 0 Å². The van der Waals surface area contributed by atoms with Gasteiger partial charge < -0.3 is 15.8 Å². The molecule has 0 aromatic heterocycles. The van der Waals surface area contributed by atoms with Gasteiger partial charge in [0, 0.05) is 19.3 Å². The molecule has 0 spiro atoms. The van der Waals surface area contributed by atoms with Crippen molar-refractivity contribution >= 4 is 0 Å². The summed E-state index contributed by atoms with van der Waals surface area (Å²) in [6.07, 6.45) is 7.76. The fraction of sp³-hybridized carbons (Fsp3) is 1.00. The molecule has 2 aliphatic carbocycles. The van der Waals surface area contributed by atoms with Crippen molar-refractivity contribution in [3.05, 3.63) is 0 Å². The third-order valence-electron chi connectivity index (χ3n) is 3.82. The SMILES string of the molecule is NC1CCCC1CNCCCOCC1CC1. The van der Waals surface area contributed by atoms with Gasteiger partial charge in [0.15, 0.2) is 0 Å². The van der Waals surface area contributed by atoms with Gasteiger partial charge in [-0.3, -0.25) is 0 Å². The minimum Gasteiger partial charge on any atom is -0.381 e. The summed E-state index contributed by atoms with van der Waals surface area (Å²) in [5.41, 5.74) is 6.02. The second kappa shape index (κ2) is 6.58. The third-order valence-corrected chi connectivity index (χ3v) is 3.82. The van der Waals surface area contributed by atoms with E-state index in [4.69, 9.17) is 10.5 Å². The topological polar surface area (TPSA) is 47.3 Å². The molecular weight excluding hydrogens is 200 g/mol. The van der Waals surface area contributed by atoms with Crippen molar-refractivity contribution in [3.8, 4) is 0 Å². The Morgan fingerprint density at radius 1 is 1.19 bits per heavy atom. The van der Waals surface area contributed by atoms with Crippen LogP contribution in [-0.4, -0.2) is 32.3 Å². The van der Waals surface area contributed by atoms with E-state index in [2.05, 4.69) is 5.32 Å². The van der Waals surface area contributed by atoms with Crippen LogP contribution in [-0.2, 0) is 4.74 Å². The average molecular weight is 226 g/mol. The van der Waals surface area contributed by atoms with E-state index in [9.17, 15) is 0 Å². The number of ether oxygens (including phenoxy) is 1. The standard InChI is InChI=1S/C13H26N2O/c14-13-4-1-3-12(13)9-15-7-2-8-16-10-11-5-6-11/h11-13,15H,1-10,14H2. The predicted octanol–water partition coefficient (Wildman–Crippen LogP) is 1.52. The van der Waals surface area contributed by atoms with Gasteiger partial charge in [-0.15, -0.1) is 0 Å². The molecule has 0 aromatic carbocycles. The number of nitrogens with two attached hydrogens (primary N) is 1. The summed E-state index contributed by atoms with van der Waals surface area (Å²) >= 11 is 0. The summed E-state index contributed by atoms with van der Waals surface area (Å²) in [5.74, 6) is 1.61. The van der Waals surface area contributed by atoms with Crippen molar-refractivity contribution in [1.82, 2.24) is 5.32 Å². The van der Waals surface area contributed by atoms with E-state index < -0.39 is 0 Å². The molecule has 2 unspecified atom stereocenters. The number of nitrogens with one attached hydrogen (secondary N) is 1. The van der Waals surface area contributed by atoms with E-state index in [0.29, 0.717) is 12.0 Å². The second-order valence-electron chi connectivity index (χ2n) is 5.43. The first-order chi connectivity index (χ1) is 7.86. The van der Waals surface area contributed by atoms with Gasteiger partial charge in [-0.05, 0) is 57.0 Å². The normalized spacial score (nSPS) is 29.8. The molecule has 3 heteroatoms. The number of hydrogen-bond acceptors (Lipinski definition) is 3. The molecule has 0 aromatic rings. The van der Waals surface area contributed by atoms with Gasteiger partial charge in [-0.1, -0.05) is 6.42 Å². The van der Waals surface area contributed by atoms with Crippen LogP contribution in [0.4, 0.5) is 0 Å². The van der Waals surface area contributed by atoms with Crippen LogP contribution in [0, 0.1) is 11.8 Å². The summed E-state index contributed by atoms with van der Waals surface area (Å²) in [6.45, 7) is 4.09. The van der Waals surface area contributed by atoms with Crippen LogP contribution in [0.2, 0.25) is 0 Å². The zero-order chi connectivity index (χ0) is 11.2. The lowest BCUT2D eigenvalue weighted by Gasteiger charge is -2.15. The Kier molecular flexibility index (Phi) is 5.07. The van der Waals surface area contributed by atoms with E-state index in [1.807, 2.05) is 0 Å². The van der Waals surface area contributed by atoms with E-state index in [-0.39, 0.29) is 0 Å². The van der Waals surface area contributed by atoms with Crippen LogP contribution in [0.25, 0.3) is 0 Å². The molecule has 0 bridgehead atoms. The maximum absolute atomic E-state index is 6.02. The molecule has 0 aliphatic heterocycles. The minimum absolute atomic E-state index is 0.443. The monoisotopic (exact) mass is 226 g/mol. The molecule has 2 saturated carbocycles. The Morgan fingerprint density at radius 2 is 2.06 bits per heavy atom. The van der Waals surface area contributed by atoms with Crippen LogP contribution in [0.15, 0.2) is 0 Å². The maximum atomic E-state index is 6.02. The van der Waals surface area contributed by atoms with Crippen LogP contribution in [0.3, 0.4) is 0 Å². The highest BCUT2D eigenvalue weighted by Crippen LogP contribution is 2.28. The first kappa shape index (κ1) is 12.3. The lowest BCUT2D eigenvalue weighted by atomic mass is 10.1. The summed E-state index contributed by atoms with van der Waals surface area (Å²) < 4.78 is 5.59. The van der Waals surface area contributed by atoms with Crippen molar-refractivity contribution < 1.29 is 4.74 Å². The Balaban J connectivity index is 1.36. The first-order valence-electron chi connectivity index (χ1n) is 6.90. The summed E-state index contributed by atoms with van der Waals surface area (Å²) in [7, 11) is 0. The van der Waals surface area contributed by atoms with Gasteiger partial charge in [-0.2, -0.15) is 0 Å². The number of hydrogen-bond donors (Lipinski definition) is 2. The zero-order valence-corrected chi connectivity index (χ0v) is 10.3. The molecule has 2 atom stereocenters. The Morgan fingerprint density at radius 3 is 2.75 bits per heavy atom.